The lowest BCUT2D eigenvalue weighted by atomic mass is 10.3. The third-order valence-electron chi connectivity index (χ3n) is 3.14. The Balaban J connectivity index is 2.28. The summed E-state index contributed by atoms with van der Waals surface area (Å²) >= 11 is 0. The number of carbonyl (C=O) groups excluding carboxylic acids is 1. The molecule has 0 saturated heterocycles. The van der Waals surface area contributed by atoms with Crippen LogP contribution >= 0.6 is 0 Å². The van der Waals surface area contributed by atoms with Crippen molar-refractivity contribution in [2.45, 2.75) is 12.6 Å². The van der Waals surface area contributed by atoms with Crippen molar-refractivity contribution in [3.63, 3.8) is 0 Å². The molecular weight excluding hydrogens is 281 g/mol. The summed E-state index contributed by atoms with van der Waals surface area (Å²) in [4.78, 5) is 34.5. The van der Waals surface area contributed by atoms with Crippen molar-refractivity contribution in [2.75, 3.05) is 6.67 Å². The molecule has 1 heterocycles. The molecule has 1 amide bonds. The Morgan fingerprint density at radius 2 is 1.95 bits per heavy atom. The minimum Gasteiger partial charge on any atom is -0.480 e. The topological polar surface area (TPSA) is 93.3 Å². The molecule has 2 rings (SSSR count). The lowest BCUT2D eigenvalue weighted by Crippen LogP contribution is -2.44. The van der Waals surface area contributed by atoms with Crippen molar-refractivity contribution in [1.82, 2.24) is 14.5 Å². The number of hydrogen-bond donors (Lipinski definition) is 2. The van der Waals surface area contributed by atoms with Crippen LogP contribution in [-0.4, -0.2) is 38.8 Å². The number of fused-ring (bicyclic) bond motifs is 1. The molecule has 1 unspecified atom stereocenters. The van der Waals surface area contributed by atoms with Crippen molar-refractivity contribution in [2.24, 2.45) is 7.05 Å². The molecule has 0 radical (unpaired) electrons. The maximum absolute atomic E-state index is 12.5. The van der Waals surface area contributed by atoms with E-state index in [0.29, 0.717) is 11.0 Å². The van der Waals surface area contributed by atoms with Crippen LogP contribution in [0.3, 0.4) is 0 Å². The Morgan fingerprint density at radius 1 is 1.33 bits per heavy atom. The Bertz CT molecular complexity index is 749. The number of halogens is 1. The molecule has 0 saturated carbocycles. The van der Waals surface area contributed by atoms with E-state index in [2.05, 4.69) is 0 Å². The number of nitrogens with one attached hydrogen (secondary N) is 1. The molecule has 7 nitrogen and oxygen atoms in total. The number of nitrogens with zero attached hydrogens (tertiary/aromatic N) is 2. The van der Waals surface area contributed by atoms with E-state index in [4.69, 9.17) is 5.11 Å². The molecule has 1 aromatic heterocycles. The Labute approximate surface area is 118 Å². The molecule has 21 heavy (non-hydrogen) atoms. The second-order valence-corrected chi connectivity index (χ2v) is 4.53. The first-order valence-electron chi connectivity index (χ1n) is 6.18. The summed E-state index contributed by atoms with van der Waals surface area (Å²) in [6.07, 6.45) is 0. The van der Waals surface area contributed by atoms with E-state index >= 15 is 0 Å². The monoisotopic (exact) mass is 295 g/mol. The number of amides is 1. The molecule has 0 aliphatic carbocycles. The average molecular weight is 295 g/mol. The lowest BCUT2D eigenvalue weighted by molar-refractivity contribution is -0.142. The Kier molecular flexibility index (Phi) is 4.06. The van der Waals surface area contributed by atoms with E-state index in [1.165, 1.54) is 9.13 Å². The molecule has 2 aromatic rings. The maximum Gasteiger partial charge on any atom is 0.329 e. The van der Waals surface area contributed by atoms with E-state index in [-0.39, 0.29) is 6.54 Å². The normalized spacial score (nSPS) is 12.3. The highest BCUT2D eigenvalue weighted by molar-refractivity contribution is 5.85. The molecular formula is C13H14FN3O4. The van der Waals surface area contributed by atoms with Crippen molar-refractivity contribution in [3.8, 4) is 0 Å². The zero-order valence-electron chi connectivity index (χ0n) is 11.2. The predicted octanol–water partition coefficient (Wildman–Crippen LogP) is -0.121. The average Bonchev–Trinajstić information content (AvgIpc) is 2.70. The van der Waals surface area contributed by atoms with Gasteiger partial charge in [0, 0.05) is 7.05 Å². The van der Waals surface area contributed by atoms with Gasteiger partial charge in [-0.1, -0.05) is 12.1 Å². The number of alkyl halides is 1. The summed E-state index contributed by atoms with van der Waals surface area (Å²) in [7, 11) is 1.57. The smallest absolute Gasteiger partial charge is 0.329 e. The third kappa shape index (κ3) is 2.78. The highest BCUT2D eigenvalue weighted by Gasteiger charge is 2.21. The molecule has 2 N–H and O–H groups in total. The summed E-state index contributed by atoms with van der Waals surface area (Å²) in [6, 6.07) is 5.27. The van der Waals surface area contributed by atoms with Crippen molar-refractivity contribution in [1.29, 1.82) is 0 Å². The molecule has 0 aliphatic rings. The van der Waals surface area contributed by atoms with Crippen molar-refractivity contribution in [3.05, 3.63) is 34.7 Å². The van der Waals surface area contributed by atoms with E-state index in [1.807, 2.05) is 5.32 Å². The minimum atomic E-state index is -1.61. The lowest BCUT2D eigenvalue weighted by Gasteiger charge is -2.11. The molecule has 1 aromatic carbocycles. The zero-order valence-corrected chi connectivity index (χ0v) is 11.2. The standard InChI is InChI=1S/C13H14FN3O4/c1-16-9-4-2-3-5-10(9)17(13(16)21)7-11(18)15-8(6-14)12(19)20/h2-5,8H,6-7H2,1H3,(H,15,18)(H,19,20). The number of aromatic nitrogens is 2. The summed E-state index contributed by atoms with van der Waals surface area (Å²) < 4.78 is 15.1. The van der Waals surface area contributed by atoms with Crippen LogP contribution in [0.2, 0.25) is 0 Å². The fourth-order valence-electron chi connectivity index (χ4n) is 2.07. The maximum atomic E-state index is 12.5. The minimum absolute atomic E-state index is 0.371. The van der Waals surface area contributed by atoms with Gasteiger partial charge in [-0.3, -0.25) is 13.9 Å². The fraction of sp³-hybridized carbons (Fsp3) is 0.308. The van der Waals surface area contributed by atoms with Gasteiger partial charge in [0.2, 0.25) is 5.91 Å². The van der Waals surface area contributed by atoms with Gasteiger partial charge in [-0.05, 0) is 12.1 Å². The van der Waals surface area contributed by atoms with Gasteiger partial charge in [0.1, 0.15) is 13.2 Å². The number of carbonyl (C=O) groups is 2. The highest BCUT2D eigenvalue weighted by atomic mass is 19.1. The summed E-state index contributed by atoms with van der Waals surface area (Å²) in [5.41, 5.74) is 0.793. The molecule has 1 atom stereocenters. The first-order valence-corrected chi connectivity index (χ1v) is 6.18. The van der Waals surface area contributed by atoms with Crippen LogP contribution < -0.4 is 11.0 Å². The molecule has 0 fully saturated rings. The number of rotatable bonds is 5. The largest absolute Gasteiger partial charge is 0.480 e. The fourth-order valence-corrected chi connectivity index (χ4v) is 2.07. The van der Waals surface area contributed by atoms with Gasteiger partial charge in [0.15, 0.2) is 6.04 Å². The summed E-state index contributed by atoms with van der Waals surface area (Å²) in [5, 5.41) is 10.7. The van der Waals surface area contributed by atoms with Crippen LogP contribution in [0.25, 0.3) is 11.0 Å². The number of imidazole rings is 1. The molecule has 8 heteroatoms. The number of aryl methyl sites for hydroxylation is 1. The van der Waals surface area contributed by atoms with Gasteiger partial charge in [0.05, 0.1) is 11.0 Å². The quantitative estimate of drug-likeness (QED) is 0.804. The second-order valence-electron chi connectivity index (χ2n) is 4.53. The van der Waals surface area contributed by atoms with Gasteiger partial charge < -0.3 is 10.4 Å². The van der Waals surface area contributed by atoms with Crippen LogP contribution in [0, 0.1) is 0 Å². The van der Waals surface area contributed by atoms with E-state index in [1.54, 1.807) is 31.3 Å². The van der Waals surface area contributed by atoms with Crippen LogP contribution in [0.1, 0.15) is 0 Å². The SMILES string of the molecule is Cn1c(=O)n(CC(=O)NC(CF)C(=O)O)c2ccccc21. The van der Waals surface area contributed by atoms with E-state index in [9.17, 15) is 18.8 Å². The second kappa shape index (κ2) is 5.78. The van der Waals surface area contributed by atoms with E-state index < -0.39 is 30.3 Å². The number of benzene rings is 1. The van der Waals surface area contributed by atoms with Gasteiger partial charge in [0.25, 0.3) is 0 Å². The Morgan fingerprint density at radius 3 is 2.52 bits per heavy atom. The Hall–Kier alpha value is -2.64. The third-order valence-corrected chi connectivity index (χ3v) is 3.14. The summed E-state index contributed by atoms with van der Waals surface area (Å²) in [5.74, 6) is -2.20. The number of hydrogen-bond acceptors (Lipinski definition) is 3. The number of carboxylic acids is 1. The molecule has 0 spiro atoms. The number of aliphatic carboxylic acids is 1. The van der Waals surface area contributed by atoms with Crippen molar-refractivity contribution >= 4 is 22.9 Å². The number of para-hydroxylation sites is 2. The van der Waals surface area contributed by atoms with Crippen LogP contribution in [0.5, 0.6) is 0 Å². The van der Waals surface area contributed by atoms with Crippen LogP contribution in [-0.2, 0) is 23.2 Å². The molecule has 112 valence electrons. The molecule has 0 bridgehead atoms. The highest BCUT2D eigenvalue weighted by Crippen LogP contribution is 2.11. The van der Waals surface area contributed by atoms with E-state index in [0.717, 1.165) is 0 Å². The van der Waals surface area contributed by atoms with Crippen molar-refractivity contribution < 1.29 is 19.1 Å². The first kappa shape index (κ1) is 14.8. The van der Waals surface area contributed by atoms with Gasteiger partial charge in [-0.2, -0.15) is 0 Å². The van der Waals surface area contributed by atoms with Gasteiger partial charge in [-0.25, -0.2) is 14.0 Å². The number of carboxylic acid groups (broad SMARTS) is 1. The van der Waals surface area contributed by atoms with Gasteiger partial charge >= 0.3 is 11.7 Å². The molecule has 0 aliphatic heterocycles. The summed E-state index contributed by atoms with van der Waals surface area (Å²) in [6.45, 7) is -1.59. The first-order chi connectivity index (χ1) is 9.95. The van der Waals surface area contributed by atoms with Crippen LogP contribution in [0.15, 0.2) is 29.1 Å². The van der Waals surface area contributed by atoms with Crippen LogP contribution in [0.4, 0.5) is 4.39 Å². The zero-order chi connectivity index (χ0) is 15.6. The van der Waals surface area contributed by atoms with Gasteiger partial charge in [-0.15, -0.1) is 0 Å². The predicted molar refractivity (Wildman–Crippen MR) is 72.7 cm³/mol.